The van der Waals surface area contributed by atoms with Gasteiger partial charge in [0.25, 0.3) is 0 Å². The monoisotopic (exact) mass is 328 g/mol. The Morgan fingerprint density at radius 1 is 1.04 bits per heavy atom. The van der Waals surface area contributed by atoms with Gasteiger partial charge in [0, 0.05) is 5.56 Å². The maximum Gasteiger partial charge on any atom is 0.310 e. The molecule has 24 heavy (non-hydrogen) atoms. The lowest BCUT2D eigenvalue weighted by Gasteiger charge is -2.14. The molecular weight excluding hydrogens is 304 g/mol. The Morgan fingerprint density at radius 3 is 2.46 bits per heavy atom. The largest absolute Gasteiger partial charge is 0.493 e. The van der Waals surface area contributed by atoms with Gasteiger partial charge < -0.3 is 14.2 Å². The quantitative estimate of drug-likeness (QED) is 0.655. The van der Waals surface area contributed by atoms with Gasteiger partial charge in [0.2, 0.25) is 0 Å². The number of hydrogen-bond donors (Lipinski definition) is 0. The van der Waals surface area contributed by atoms with Crippen molar-refractivity contribution in [1.82, 2.24) is 0 Å². The summed E-state index contributed by atoms with van der Waals surface area (Å²) in [6, 6.07) is 15.0. The maximum absolute atomic E-state index is 12.0. The van der Waals surface area contributed by atoms with E-state index in [1.165, 1.54) is 0 Å². The van der Waals surface area contributed by atoms with E-state index in [1.54, 1.807) is 0 Å². The number of esters is 1. The number of carbonyl (C=O) groups excluding carboxylic acids is 1. The first-order chi connectivity index (χ1) is 11.6. The molecule has 0 heterocycles. The van der Waals surface area contributed by atoms with Gasteiger partial charge >= 0.3 is 5.97 Å². The molecule has 0 bridgehead atoms. The number of benzene rings is 2. The highest BCUT2D eigenvalue weighted by atomic mass is 16.5. The number of carbonyl (C=O) groups is 1. The van der Waals surface area contributed by atoms with Crippen molar-refractivity contribution in [3.63, 3.8) is 0 Å². The van der Waals surface area contributed by atoms with Gasteiger partial charge in [0.15, 0.2) is 0 Å². The van der Waals surface area contributed by atoms with E-state index in [0.29, 0.717) is 18.1 Å². The lowest BCUT2D eigenvalue weighted by Crippen LogP contribution is -2.14. The lowest BCUT2D eigenvalue weighted by atomic mass is 10.1. The zero-order valence-electron chi connectivity index (χ0n) is 14.5. The van der Waals surface area contributed by atoms with Crippen molar-refractivity contribution in [2.75, 3.05) is 6.61 Å². The van der Waals surface area contributed by atoms with Gasteiger partial charge in [-0.25, -0.2) is 0 Å². The molecular formula is C20H24O4. The first kappa shape index (κ1) is 17.9. The Labute approximate surface area is 143 Å². The van der Waals surface area contributed by atoms with E-state index < -0.39 is 0 Å². The zero-order valence-corrected chi connectivity index (χ0v) is 14.5. The molecule has 2 aromatic rings. The normalized spacial score (nSPS) is 10.5. The fraction of sp³-hybridized carbons (Fsp3) is 0.350. The second-order valence-electron chi connectivity index (χ2n) is 5.75. The van der Waals surface area contributed by atoms with E-state index in [1.807, 2.05) is 69.3 Å². The van der Waals surface area contributed by atoms with Gasteiger partial charge in [-0.15, -0.1) is 0 Å². The summed E-state index contributed by atoms with van der Waals surface area (Å²) < 4.78 is 16.8. The molecule has 0 saturated carbocycles. The van der Waals surface area contributed by atoms with E-state index in [4.69, 9.17) is 14.2 Å². The van der Waals surface area contributed by atoms with E-state index in [9.17, 15) is 4.79 Å². The third kappa shape index (κ3) is 5.61. The third-order valence-corrected chi connectivity index (χ3v) is 3.17. The highest BCUT2D eigenvalue weighted by molar-refractivity contribution is 5.74. The van der Waals surface area contributed by atoms with Crippen molar-refractivity contribution < 1.29 is 19.0 Å². The molecule has 0 N–H and O–H groups in total. The van der Waals surface area contributed by atoms with Crippen LogP contribution in [0.3, 0.4) is 0 Å². The maximum atomic E-state index is 12.0. The molecule has 4 nitrogen and oxygen atoms in total. The molecule has 0 aromatic heterocycles. The van der Waals surface area contributed by atoms with E-state index in [0.717, 1.165) is 17.7 Å². The van der Waals surface area contributed by atoms with Crippen LogP contribution in [0.2, 0.25) is 0 Å². The summed E-state index contributed by atoms with van der Waals surface area (Å²) in [6.07, 6.45) is 0.919. The Kier molecular flexibility index (Phi) is 6.67. The number of rotatable bonds is 8. The predicted octanol–water partition coefficient (Wildman–Crippen LogP) is 4.76. The van der Waals surface area contributed by atoms with Crippen molar-refractivity contribution in [1.29, 1.82) is 0 Å². The van der Waals surface area contributed by atoms with Gasteiger partial charge in [-0.05, 0) is 50.6 Å². The van der Waals surface area contributed by atoms with Crippen LogP contribution in [-0.4, -0.2) is 18.7 Å². The summed E-state index contributed by atoms with van der Waals surface area (Å²) >= 11 is 0. The first-order valence-electron chi connectivity index (χ1n) is 8.26. The highest BCUT2D eigenvalue weighted by Gasteiger charge is 2.13. The summed E-state index contributed by atoms with van der Waals surface area (Å²) in [5, 5.41) is 0. The van der Waals surface area contributed by atoms with Crippen molar-refractivity contribution >= 4 is 5.97 Å². The molecule has 0 saturated heterocycles. The summed E-state index contributed by atoms with van der Waals surface area (Å²) in [7, 11) is 0. The molecule has 0 aliphatic rings. The van der Waals surface area contributed by atoms with Gasteiger partial charge in [0.05, 0.1) is 19.1 Å². The van der Waals surface area contributed by atoms with E-state index in [2.05, 4.69) is 0 Å². The fourth-order valence-electron chi connectivity index (χ4n) is 2.19. The molecule has 0 fully saturated rings. The van der Waals surface area contributed by atoms with Crippen molar-refractivity contribution in [3.8, 4) is 17.2 Å². The highest BCUT2D eigenvalue weighted by Crippen LogP contribution is 2.28. The molecule has 0 atom stereocenters. The summed E-state index contributed by atoms with van der Waals surface area (Å²) in [4.78, 5) is 12.0. The summed E-state index contributed by atoms with van der Waals surface area (Å²) in [5.74, 6) is 1.83. The minimum atomic E-state index is -0.275. The molecule has 0 unspecified atom stereocenters. The molecule has 0 aliphatic heterocycles. The molecule has 2 rings (SSSR count). The third-order valence-electron chi connectivity index (χ3n) is 3.17. The van der Waals surface area contributed by atoms with E-state index in [-0.39, 0.29) is 18.5 Å². The van der Waals surface area contributed by atoms with Crippen LogP contribution in [0.25, 0.3) is 0 Å². The van der Waals surface area contributed by atoms with E-state index >= 15 is 0 Å². The predicted molar refractivity (Wildman–Crippen MR) is 93.7 cm³/mol. The van der Waals surface area contributed by atoms with Gasteiger partial charge in [-0.1, -0.05) is 25.1 Å². The van der Waals surface area contributed by atoms with Gasteiger partial charge in [-0.3, -0.25) is 4.79 Å². The van der Waals surface area contributed by atoms with Crippen LogP contribution in [0.15, 0.2) is 48.5 Å². The number of ether oxygens (including phenoxy) is 3. The van der Waals surface area contributed by atoms with Crippen LogP contribution < -0.4 is 9.47 Å². The average molecular weight is 328 g/mol. The minimum absolute atomic E-state index is 0.138. The first-order valence-corrected chi connectivity index (χ1v) is 8.26. The topological polar surface area (TPSA) is 44.8 Å². The molecule has 0 aliphatic carbocycles. The fourth-order valence-corrected chi connectivity index (χ4v) is 2.19. The Morgan fingerprint density at radius 2 is 1.79 bits per heavy atom. The van der Waals surface area contributed by atoms with Crippen LogP contribution in [0, 0.1) is 0 Å². The molecule has 128 valence electrons. The average Bonchev–Trinajstić information content (AvgIpc) is 2.54. The Hall–Kier alpha value is -2.49. The lowest BCUT2D eigenvalue weighted by molar-refractivity contribution is -0.146. The second kappa shape index (κ2) is 8.96. The summed E-state index contributed by atoms with van der Waals surface area (Å²) in [6.45, 7) is 6.31. The standard InChI is InChI=1S/C20H24O4/c1-4-12-22-19-11-10-18(24-17-8-6-5-7-9-17)13-16(19)14-20(21)23-15(2)3/h5-11,13,15H,4,12,14H2,1-3H3. The van der Waals surface area contributed by atoms with Crippen LogP contribution in [0.1, 0.15) is 32.8 Å². The van der Waals surface area contributed by atoms with Crippen molar-refractivity contribution in [2.45, 2.75) is 39.7 Å². The van der Waals surface area contributed by atoms with Crippen LogP contribution in [0.5, 0.6) is 17.2 Å². The van der Waals surface area contributed by atoms with Crippen molar-refractivity contribution in [2.24, 2.45) is 0 Å². The van der Waals surface area contributed by atoms with Gasteiger partial charge in [-0.2, -0.15) is 0 Å². The van der Waals surface area contributed by atoms with Crippen molar-refractivity contribution in [3.05, 3.63) is 54.1 Å². The molecule has 0 radical (unpaired) electrons. The number of para-hydroxylation sites is 1. The van der Waals surface area contributed by atoms with Crippen LogP contribution in [0.4, 0.5) is 0 Å². The molecule has 0 spiro atoms. The molecule has 2 aromatic carbocycles. The minimum Gasteiger partial charge on any atom is -0.493 e. The van der Waals surface area contributed by atoms with Crippen LogP contribution >= 0.6 is 0 Å². The second-order valence-corrected chi connectivity index (χ2v) is 5.75. The smallest absolute Gasteiger partial charge is 0.310 e. The molecule has 4 heteroatoms. The summed E-state index contributed by atoms with van der Waals surface area (Å²) in [5.41, 5.74) is 0.766. The van der Waals surface area contributed by atoms with Crippen LogP contribution in [-0.2, 0) is 16.0 Å². The number of hydrogen-bond acceptors (Lipinski definition) is 4. The van der Waals surface area contributed by atoms with Gasteiger partial charge in [0.1, 0.15) is 17.2 Å². The molecule has 0 amide bonds. The zero-order chi connectivity index (χ0) is 17.4. The Bertz CT molecular complexity index is 650. The Balaban J connectivity index is 2.18. The SMILES string of the molecule is CCCOc1ccc(Oc2ccccc2)cc1CC(=O)OC(C)C.